The molecule has 0 amide bonds. The van der Waals surface area contributed by atoms with Crippen LogP contribution in [0.5, 0.6) is 5.75 Å². The molecule has 0 fully saturated rings. The molecule has 0 N–H and O–H groups in total. The van der Waals surface area contributed by atoms with Crippen molar-refractivity contribution in [2.75, 3.05) is 0 Å². The van der Waals surface area contributed by atoms with Gasteiger partial charge in [0.15, 0.2) is 6.29 Å². The Morgan fingerprint density at radius 2 is 2.00 bits per heavy atom. The largest absolute Gasteiger partial charge is 0.488 e. The van der Waals surface area contributed by atoms with E-state index < -0.39 is 0 Å². The summed E-state index contributed by atoms with van der Waals surface area (Å²) in [7, 11) is 0. The lowest BCUT2D eigenvalue weighted by Gasteiger charge is -2.09. The van der Waals surface area contributed by atoms with Crippen LogP contribution >= 0.6 is 0 Å². The van der Waals surface area contributed by atoms with Gasteiger partial charge in [0, 0.05) is 5.56 Å². The van der Waals surface area contributed by atoms with Crippen LogP contribution in [0.3, 0.4) is 0 Å². The number of aryl methyl sites for hydroxylation is 1. The van der Waals surface area contributed by atoms with E-state index in [1.165, 1.54) is 6.07 Å². The molecular formula is C15H13FO2. The molecule has 0 saturated heterocycles. The smallest absolute Gasteiger partial charge is 0.153 e. The molecule has 92 valence electrons. The summed E-state index contributed by atoms with van der Waals surface area (Å²) in [6.45, 7) is 2.00. The van der Waals surface area contributed by atoms with Gasteiger partial charge in [-0.2, -0.15) is 0 Å². The maximum atomic E-state index is 13.4. The van der Waals surface area contributed by atoms with E-state index in [1.807, 2.05) is 13.0 Å². The van der Waals surface area contributed by atoms with Gasteiger partial charge >= 0.3 is 0 Å². The highest BCUT2D eigenvalue weighted by Crippen LogP contribution is 2.20. The van der Waals surface area contributed by atoms with Gasteiger partial charge in [-0.1, -0.05) is 29.8 Å². The Morgan fingerprint density at radius 3 is 2.72 bits per heavy atom. The third kappa shape index (κ3) is 2.74. The van der Waals surface area contributed by atoms with Gasteiger partial charge < -0.3 is 4.74 Å². The van der Waals surface area contributed by atoms with E-state index in [-0.39, 0.29) is 12.4 Å². The second-order valence-corrected chi connectivity index (χ2v) is 4.04. The maximum absolute atomic E-state index is 13.4. The van der Waals surface area contributed by atoms with Crippen molar-refractivity contribution in [2.24, 2.45) is 0 Å². The van der Waals surface area contributed by atoms with Crippen LogP contribution in [0.1, 0.15) is 21.5 Å². The van der Waals surface area contributed by atoms with E-state index in [0.29, 0.717) is 16.9 Å². The molecule has 0 bridgehead atoms. The van der Waals surface area contributed by atoms with Gasteiger partial charge in [0.1, 0.15) is 18.2 Å². The lowest BCUT2D eigenvalue weighted by molar-refractivity contribution is 0.111. The molecule has 0 atom stereocenters. The van der Waals surface area contributed by atoms with Crippen molar-refractivity contribution in [1.82, 2.24) is 0 Å². The van der Waals surface area contributed by atoms with Crippen LogP contribution in [0, 0.1) is 12.7 Å². The summed E-state index contributed by atoms with van der Waals surface area (Å²) in [6, 6.07) is 11.7. The molecule has 2 aromatic rings. The highest BCUT2D eigenvalue weighted by molar-refractivity contribution is 5.79. The predicted molar refractivity (Wildman–Crippen MR) is 67.3 cm³/mol. The Labute approximate surface area is 105 Å². The first-order valence-electron chi connectivity index (χ1n) is 5.63. The molecule has 0 radical (unpaired) electrons. The Kier molecular flexibility index (Phi) is 3.72. The van der Waals surface area contributed by atoms with Crippen molar-refractivity contribution in [3.05, 3.63) is 65.0 Å². The molecule has 0 unspecified atom stereocenters. The number of carbonyl (C=O) groups excluding carboxylic acids is 1. The van der Waals surface area contributed by atoms with Crippen LogP contribution in [-0.4, -0.2) is 6.29 Å². The van der Waals surface area contributed by atoms with Gasteiger partial charge in [-0.15, -0.1) is 0 Å². The fourth-order valence-corrected chi connectivity index (χ4v) is 1.66. The van der Waals surface area contributed by atoms with Gasteiger partial charge in [-0.3, -0.25) is 4.79 Å². The molecule has 0 aliphatic rings. The molecule has 0 aliphatic carbocycles. The summed E-state index contributed by atoms with van der Waals surface area (Å²) in [5.74, 6) is 0.163. The van der Waals surface area contributed by atoms with Crippen LogP contribution in [0.2, 0.25) is 0 Å². The zero-order chi connectivity index (χ0) is 13.0. The van der Waals surface area contributed by atoms with Crippen molar-refractivity contribution in [1.29, 1.82) is 0 Å². The van der Waals surface area contributed by atoms with Crippen LogP contribution in [-0.2, 0) is 6.61 Å². The molecule has 0 saturated carbocycles. The molecule has 2 aromatic carbocycles. The Balaban J connectivity index is 2.16. The van der Waals surface area contributed by atoms with Crippen molar-refractivity contribution < 1.29 is 13.9 Å². The number of halogens is 1. The van der Waals surface area contributed by atoms with Crippen molar-refractivity contribution in [2.45, 2.75) is 13.5 Å². The maximum Gasteiger partial charge on any atom is 0.153 e. The van der Waals surface area contributed by atoms with Gasteiger partial charge in [-0.25, -0.2) is 4.39 Å². The quantitative estimate of drug-likeness (QED) is 0.769. The highest BCUT2D eigenvalue weighted by Gasteiger charge is 2.05. The van der Waals surface area contributed by atoms with E-state index in [9.17, 15) is 9.18 Å². The van der Waals surface area contributed by atoms with E-state index >= 15 is 0 Å². The van der Waals surface area contributed by atoms with Crippen LogP contribution < -0.4 is 4.74 Å². The van der Waals surface area contributed by atoms with Crippen molar-refractivity contribution >= 4 is 6.29 Å². The third-order valence-electron chi connectivity index (χ3n) is 2.63. The topological polar surface area (TPSA) is 26.3 Å². The van der Waals surface area contributed by atoms with E-state index in [2.05, 4.69) is 0 Å². The van der Waals surface area contributed by atoms with Crippen LogP contribution in [0.25, 0.3) is 0 Å². The average molecular weight is 244 g/mol. The minimum absolute atomic E-state index is 0.108. The standard InChI is InChI=1S/C15H13FO2/c1-11-6-7-15(13(8-11)9-17)18-10-12-4-2-3-5-14(12)16/h2-9H,10H2,1H3. The Bertz CT molecular complexity index is 564. The summed E-state index contributed by atoms with van der Waals surface area (Å²) in [5, 5.41) is 0. The van der Waals surface area contributed by atoms with E-state index in [1.54, 1.807) is 30.3 Å². The number of benzene rings is 2. The lowest BCUT2D eigenvalue weighted by atomic mass is 10.1. The molecule has 2 rings (SSSR count). The average Bonchev–Trinajstić information content (AvgIpc) is 2.39. The van der Waals surface area contributed by atoms with E-state index in [0.717, 1.165) is 11.8 Å². The lowest BCUT2D eigenvalue weighted by Crippen LogP contribution is -2.00. The Morgan fingerprint density at radius 1 is 1.22 bits per heavy atom. The summed E-state index contributed by atoms with van der Waals surface area (Å²) in [5.41, 5.74) is 1.93. The zero-order valence-electron chi connectivity index (χ0n) is 10.0. The molecule has 0 spiro atoms. The molecule has 2 nitrogen and oxygen atoms in total. The van der Waals surface area contributed by atoms with Crippen molar-refractivity contribution in [3.8, 4) is 5.75 Å². The summed E-state index contributed by atoms with van der Waals surface area (Å²) >= 11 is 0. The molecule has 0 heterocycles. The molecule has 0 aromatic heterocycles. The normalized spacial score (nSPS) is 10.1. The minimum Gasteiger partial charge on any atom is -0.488 e. The number of ether oxygens (including phenoxy) is 1. The second kappa shape index (κ2) is 5.45. The van der Waals surface area contributed by atoms with Crippen molar-refractivity contribution in [3.63, 3.8) is 0 Å². The SMILES string of the molecule is Cc1ccc(OCc2ccccc2F)c(C=O)c1. The molecular weight excluding hydrogens is 231 g/mol. The first-order chi connectivity index (χ1) is 8.70. The number of carbonyl (C=O) groups is 1. The van der Waals surface area contributed by atoms with Gasteiger partial charge in [0.2, 0.25) is 0 Å². The number of hydrogen-bond donors (Lipinski definition) is 0. The van der Waals surface area contributed by atoms with Gasteiger partial charge in [0.25, 0.3) is 0 Å². The number of aldehydes is 1. The predicted octanol–water partition coefficient (Wildman–Crippen LogP) is 3.53. The molecule has 0 aliphatic heterocycles. The minimum atomic E-state index is -0.308. The summed E-state index contributed by atoms with van der Waals surface area (Å²) < 4.78 is 18.9. The second-order valence-electron chi connectivity index (χ2n) is 4.04. The first kappa shape index (κ1) is 12.3. The van der Waals surface area contributed by atoms with Crippen LogP contribution in [0.15, 0.2) is 42.5 Å². The molecule has 18 heavy (non-hydrogen) atoms. The van der Waals surface area contributed by atoms with Gasteiger partial charge in [0.05, 0.1) is 5.56 Å². The zero-order valence-corrected chi connectivity index (χ0v) is 10.0. The number of rotatable bonds is 4. The summed E-state index contributed by atoms with van der Waals surface area (Å²) in [4.78, 5) is 10.9. The van der Waals surface area contributed by atoms with Crippen LogP contribution in [0.4, 0.5) is 4.39 Å². The highest BCUT2D eigenvalue weighted by atomic mass is 19.1. The molecule has 3 heteroatoms. The van der Waals surface area contributed by atoms with E-state index in [4.69, 9.17) is 4.74 Å². The fourth-order valence-electron chi connectivity index (χ4n) is 1.66. The summed E-state index contributed by atoms with van der Waals surface area (Å²) in [6.07, 6.45) is 0.740. The Hall–Kier alpha value is -2.16. The third-order valence-corrected chi connectivity index (χ3v) is 2.63. The number of hydrogen-bond acceptors (Lipinski definition) is 2. The first-order valence-corrected chi connectivity index (χ1v) is 5.63. The fraction of sp³-hybridized carbons (Fsp3) is 0.133. The van der Waals surface area contributed by atoms with Gasteiger partial charge in [-0.05, 0) is 25.1 Å². The monoisotopic (exact) mass is 244 g/mol.